The summed E-state index contributed by atoms with van der Waals surface area (Å²) in [6.45, 7) is 8.27. The van der Waals surface area contributed by atoms with E-state index in [9.17, 15) is 9.59 Å². The van der Waals surface area contributed by atoms with E-state index in [0.717, 1.165) is 47.3 Å². The minimum absolute atomic E-state index is 0.166. The van der Waals surface area contributed by atoms with Crippen molar-refractivity contribution in [2.75, 3.05) is 47.8 Å². The van der Waals surface area contributed by atoms with Gasteiger partial charge in [0.2, 0.25) is 0 Å². The van der Waals surface area contributed by atoms with Crippen LogP contribution in [0.2, 0.25) is 0 Å². The highest BCUT2D eigenvalue weighted by molar-refractivity contribution is 5.88. The third-order valence-electron chi connectivity index (χ3n) is 5.43. The first-order chi connectivity index (χ1) is 17.4. The highest BCUT2D eigenvalue weighted by atomic mass is 16.5. The van der Waals surface area contributed by atoms with Gasteiger partial charge in [-0.15, -0.1) is 0 Å². The molecule has 0 radical (unpaired) electrons. The number of carbonyl (C=O) groups excluding carboxylic acids is 2. The van der Waals surface area contributed by atoms with Crippen molar-refractivity contribution in [3.63, 3.8) is 0 Å². The molecule has 0 unspecified atom stereocenters. The number of methoxy groups -OCH3 is 3. The van der Waals surface area contributed by atoms with Gasteiger partial charge in [0.15, 0.2) is 0 Å². The number of carbonyl (C=O) groups is 2. The third kappa shape index (κ3) is 9.32. The van der Waals surface area contributed by atoms with E-state index in [4.69, 9.17) is 23.7 Å². The molecule has 194 valence electrons. The average molecular weight is 497 g/mol. The van der Waals surface area contributed by atoms with E-state index in [1.54, 1.807) is 7.11 Å². The monoisotopic (exact) mass is 496 g/mol. The van der Waals surface area contributed by atoms with Crippen molar-refractivity contribution in [2.24, 2.45) is 0 Å². The molecule has 0 aliphatic carbocycles. The Hall–Kier alpha value is -3.42. The van der Waals surface area contributed by atoms with Crippen LogP contribution in [-0.2, 0) is 41.4 Å². The van der Waals surface area contributed by atoms with Gasteiger partial charge in [0.05, 0.1) is 44.7 Å². The number of esters is 2. The molecule has 0 amide bonds. The lowest BCUT2D eigenvalue weighted by Crippen LogP contribution is -2.12. The molecule has 0 heterocycles. The summed E-state index contributed by atoms with van der Waals surface area (Å²) in [5.41, 5.74) is 4.93. The Morgan fingerprint density at radius 1 is 0.722 bits per heavy atom. The van der Waals surface area contributed by atoms with E-state index in [-0.39, 0.29) is 13.2 Å². The van der Waals surface area contributed by atoms with Crippen LogP contribution in [0.5, 0.6) is 5.75 Å². The van der Waals surface area contributed by atoms with Crippen molar-refractivity contribution < 1.29 is 33.3 Å². The van der Waals surface area contributed by atoms with Crippen LogP contribution in [0.4, 0.5) is 0 Å². The lowest BCUT2D eigenvalue weighted by molar-refractivity contribution is -0.140. The van der Waals surface area contributed by atoms with Gasteiger partial charge >= 0.3 is 11.9 Å². The largest absolute Gasteiger partial charge is 0.496 e. The van der Waals surface area contributed by atoms with Crippen molar-refractivity contribution in [1.82, 2.24) is 0 Å². The van der Waals surface area contributed by atoms with Gasteiger partial charge in [-0.1, -0.05) is 49.6 Å². The van der Waals surface area contributed by atoms with E-state index in [0.29, 0.717) is 30.8 Å². The molecule has 0 N–H and O–H groups in total. The molecule has 0 atom stereocenters. The fourth-order valence-corrected chi connectivity index (χ4v) is 3.53. The van der Waals surface area contributed by atoms with Crippen LogP contribution in [-0.4, -0.2) is 59.7 Å². The van der Waals surface area contributed by atoms with Crippen LogP contribution in [0.1, 0.15) is 24.0 Å². The van der Waals surface area contributed by atoms with Gasteiger partial charge in [0.1, 0.15) is 5.75 Å². The van der Waals surface area contributed by atoms with Crippen LogP contribution in [0.3, 0.4) is 0 Å². The van der Waals surface area contributed by atoms with Gasteiger partial charge in [0, 0.05) is 19.8 Å². The van der Waals surface area contributed by atoms with Crippen LogP contribution < -0.4 is 4.74 Å². The lowest BCUT2D eigenvalue weighted by atomic mass is 9.99. The van der Waals surface area contributed by atoms with E-state index in [1.165, 1.54) is 14.2 Å². The molecule has 0 bridgehead atoms. The zero-order valence-corrected chi connectivity index (χ0v) is 21.5. The fourth-order valence-electron chi connectivity index (χ4n) is 3.53. The Labute approximate surface area is 213 Å². The Kier molecular flexibility index (Phi) is 12.4. The van der Waals surface area contributed by atoms with Gasteiger partial charge in [-0.2, -0.15) is 0 Å². The summed E-state index contributed by atoms with van der Waals surface area (Å²) in [5, 5.41) is 0. The summed E-state index contributed by atoms with van der Waals surface area (Å²) in [4.78, 5) is 23.5. The molecule has 0 aliphatic heterocycles. The minimum Gasteiger partial charge on any atom is -0.496 e. The Morgan fingerprint density at radius 3 is 1.72 bits per heavy atom. The maximum Gasteiger partial charge on any atom is 0.335 e. The van der Waals surface area contributed by atoms with Gasteiger partial charge in [-0.25, -0.2) is 9.59 Å². The molecule has 0 aromatic heterocycles. The SMILES string of the molecule is C=C(COC)C(=O)OCCCc1ccc(-c2ccc(CCCOC(=O)C(=C)COC)cc2OC)cc1. The second-order valence-corrected chi connectivity index (χ2v) is 8.28. The zero-order chi connectivity index (χ0) is 26.3. The minimum atomic E-state index is -0.429. The number of ether oxygens (including phenoxy) is 5. The van der Waals surface area contributed by atoms with Crippen molar-refractivity contribution >= 4 is 11.9 Å². The van der Waals surface area contributed by atoms with Gasteiger partial charge in [-0.3, -0.25) is 0 Å². The Bertz CT molecular complexity index is 1020. The molecule has 0 saturated carbocycles. The molecule has 2 rings (SSSR count). The second-order valence-electron chi connectivity index (χ2n) is 8.28. The lowest BCUT2D eigenvalue weighted by Gasteiger charge is -2.12. The molecule has 2 aromatic carbocycles. The van der Waals surface area contributed by atoms with Crippen molar-refractivity contribution in [2.45, 2.75) is 25.7 Å². The molecule has 7 heteroatoms. The normalized spacial score (nSPS) is 10.5. The van der Waals surface area contributed by atoms with Crippen molar-refractivity contribution in [3.05, 3.63) is 77.9 Å². The highest BCUT2D eigenvalue weighted by Crippen LogP contribution is 2.31. The second kappa shape index (κ2) is 15.5. The van der Waals surface area contributed by atoms with Crippen LogP contribution in [0, 0.1) is 0 Å². The highest BCUT2D eigenvalue weighted by Gasteiger charge is 2.10. The zero-order valence-electron chi connectivity index (χ0n) is 21.5. The van der Waals surface area contributed by atoms with Gasteiger partial charge in [-0.05, 0) is 48.4 Å². The van der Waals surface area contributed by atoms with Crippen LogP contribution in [0.15, 0.2) is 66.8 Å². The molecule has 0 aliphatic rings. The van der Waals surface area contributed by atoms with Gasteiger partial charge < -0.3 is 23.7 Å². The quantitative estimate of drug-likeness (QED) is 0.189. The molecule has 0 saturated heterocycles. The first-order valence-electron chi connectivity index (χ1n) is 11.8. The molecule has 0 fully saturated rings. The third-order valence-corrected chi connectivity index (χ3v) is 5.43. The van der Waals surface area contributed by atoms with E-state index >= 15 is 0 Å². The predicted molar refractivity (Wildman–Crippen MR) is 139 cm³/mol. The topological polar surface area (TPSA) is 80.3 Å². The summed E-state index contributed by atoms with van der Waals surface area (Å²) in [7, 11) is 4.68. The fraction of sp³-hybridized carbons (Fsp3) is 0.379. The smallest absolute Gasteiger partial charge is 0.335 e. The summed E-state index contributed by atoms with van der Waals surface area (Å²) in [6.07, 6.45) is 2.96. The summed E-state index contributed by atoms with van der Waals surface area (Å²) in [6, 6.07) is 14.4. The molecular weight excluding hydrogens is 460 g/mol. The first kappa shape index (κ1) is 28.8. The van der Waals surface area contributed by atoms with E-state index in [2.05, 4.69) is 43.5 Å². The molecule has 36 heavy (non-hydrogen) atoms. The maximum absolute atomic E-state index is 11.8. The van der Waals surface area contributed by atoms with Crippen molar-refractivity contribution in [1.29, 1.82) is 0 Å². The number of rotatable bonds is 16. The molecular formula is C29H36O7. The van der Waals surface area contributed by atoms with Crippen LogP contribution in [0.25, 0.3) is 11.1 Å². The van der Waals surface area contributed by atoms with Gasteiger partial charge in [0.25, 0.3) is 0 Å². The first-order valence-corrected chi connectivity index (χ1v) is 11.8. The van der Waals surface area contributed by atoms with Crippen molar-refractivity contribution in [3.8, 4) is 16.9 Å². The number of hydrogen-bond donors (Lipinski definition) is 0. The average Bonchev–Trinajstić information content (AvgIpc) is 2.89. The summed E-state index contributed by atoms with van der Waals surface area (Å²) >= 11 is 0. The van der Waals surface area contributed by atoms with E-state index < -0.39 is 11.9 Å². The van der Waals surface area contributed by atoms with E-state index in [1.807, 2.05) is 12.1 Å². The molecule has 2 aromatic rings. The standard InChI is InChI=1S/C29H36O7/c1-21(19-32-3)28(30)35-16-6-8-23-10-13-25(14-11-23)26-15-12-24(18-27(26)34-5)9-7-17-36-29(31)22(2)20-33-4/h10-15,18H,1-2,6-9,16-17,19-20H2,3-5H3. The Morgan fingerprint density at radius 2 is 1.22 bits per heavy atom. The number of aryl methyl sites for hydroxylation is 2. The predicted octanol–water partition coefficient (Wildman–Crippen LogP) is 4.72. The number of benzene rings is 2. The number of hydrogen-bond acceptors (Lipinski definition) is 7. The summed E-state index contributed by atoms with van der Waals surface area (Å²) in [5.74, 6) is -0.0622. The molecule has 7 nitrogen and oxygen atoms in total. The Balaban J connectivity index is 1.85. The summed E-state index contributed by atoms with van der Waals surface area (Å²) < 4.78 is 25.8. The maximum atomic E-state index is 11.8. The van der Waals surface area contributed by atoms with Crippen LogP contribution >= 0.6 is 0 Å². The molecule has 0 spiro atoms.